The number of rotatable bonds is 3. The van der Waals surface area contributed by atoms with Crippen molar-refractivity contribution in [1.29, 1.82) is 0 Å². The van der Waals surface area contributed by atoms with Gasteiger partial charge in [-0.2, -0.15) is 5.10 Å². The third-order valence-electron chi connectivity index (χ3n) is 2.51. The summed E-state index contributed by atoms with van der Waals surface area (Å²) in [6.07, 6.45) is 0. The molecule has 1 aromatic carbocycles. The van der Waals surface area contributed by atoms with Crippen LogP contribution in [0.2, 0.25) is 0 Å². The van der Waals surface area contributed by atoms with Crippen molar-refractivity contribution in [3.05, 3.63) is 23.9 Å². The molecule has 1 heterocycles. The maximum atomic E-state index is 5.21. The van der Waals surface area contributed by atoms with E-state index in [0.717, 1.165) is 23.2 Å². The Kier molecular flexibility index (Phi) is 2.60. The van der Waals surface area contributed by atoms with Crippen LogP contribution in [0.5, 0.6) is 5.75 Å². The van der Waals surface area contributed by atoms with Crippen molar-refractivity contribution in [3.63, 3.8) is 0 Å². The smallest absolute Gasteiger partial charge is 0.119 e. The van der Waals surface area contributed by atoms with Gasteiger partial charge in [-0.1, -0.05) is 0 Å². The number of aryl methyl sites for hydroxylation is 1. The van der Waals surface area contributed by atoms with Crippen LogP contribution >= 0.6 is 0 Å². The Morgan fingerprint density at radius 2 is 2.27 bits per heavy atom. The second-order valence-electron chi connectivity index (χ2n) is 3.48. The lowest BCUT2D eigenvalue weighted by atomic mass is 10.2. The number of ether oxygens (including phenoxy) is 1. The van der Waals surface area contributed by atoms with E-state index in [-0.39, 0.29) is 0 Å². The molecule has 0 aliphatic rings. The molecule has 0 fully saturated rings. The molecule has 1 N–H and O–H groups in total. The zero-order valence-corrected chi connectivity index (χ0v) is 9.24. The topological polar surface area (TPSA) is 39.1 Å². The molecule has 0 bridgehead atoms. The van der Waals surface area contributed by atoms with Crippen molar-refractivity contribution in [3.8, 4) is 5.75 Å². The van der Waals surface area contributed by atoms with Crippen LogP contribution in [0, 0.1) is 0 Å². The van der Waals surface area contributed by atoms with E-state index in [4.69, 9.17) is 4.74 Å². The molecule has 0 atom stereocenters. The van der Waals surface area contributed by atoms with Gasteiger partial charge in [-0.05, 0) is 25.2 Å². The van der Waals surface area contributed by atoms with Gasteiger partial charge in [-0.15, -0.1) is 0 Å². The number of fused-ring (bicyclic) bond motifs is 1. The Morgan fingerprint density at radius 3 is 2.93 bits per heavy atom. The highest BCUT2D eigenvalue weighted by Crippen LogP contribution is 2.23. The van der Waals surface area contributed by atoms with E-state index in [1.807, 2.05) is 37.0 Å². The van der Waals surface area contributed by atoms with E-state index in [1.165, 1.54) is 5.69 Å². The van der Waals surface area contributed by atoms with Gasteiger partial charge >= 0.3 is 0 Å². The van der Waals surface area contributed by atoms with Gasteiger partial charge in [-0.3, -0.25) is 4.68 Å². The Labute approximate surface area is 88.8 Å². The fraction of sp³-hybridized carbons (Fsp3) is 0.364. The molecule has 0 amide bonds. The van der Waals surface area contributed by atoms with Gasteiger partial charge < -0.3 is 10.1 Å². The monoisotopic (exact) mass is 205 g/mol. The van der Waals surface area contributed by atoms with Crippen molar-refractivity contribution >= 4 is 10.9 Å². The lowest BCUT2D eigenvalue weighted by molar-refractivity contribution is 0.415. The quantitative estimate of drug-likeness (QED) is 0.821. The number of hydrogen-bond donors (Lipinski definition) is 1. The average molecular weight is 205 g/mol. The van der Waals surface area contributed by atoms with E-state index in [1.54, 1.807) is 7.11 Å². The molecule has 0 aliphatic carbocycles. The number of benzene rings is 1. The second-order valence-corrected chi connectivity index (χ2v) is 3.48. The molecule has 80 valence electrons. The average Bonchev–Trinajstić information content (AvgIpc) is 2.55. The van der Waals surface area contributed by atoms with Gasteiger partial charge in [-0.25, -0.2) is 0 Å². The minimum absolute atomic E-state index is 0.806. The molecule has 2 aromatic rings. The highest BCUT2D eigenvalue weighted by atomic mass is 16.5. The predicted molar refractivity (Wildman–Crippen MR) is 60.0 cm³/mol. The van der Waals surface area contributed by atoms with Gasteiger partial charge in [0.15, 0.2) is 0 Å². The van der Waals surface area contributed by atoms with E-state index in [0.29, 0.717) is 0 Å². The standard InChI is InChI=1S/C11H15N3O/c1-12-7-11-9-6-8(15-3)4-5-10(9)13-14(11)2/h4-6,12H,7H2,1-3H3. The van der Waals surface area contributed by atoms with Crippen LogP contribution in [0.15, 0.2) is 18.2 Å². The molecule has 0 spiro atoms. The molecule has 0 unspecified atom stereocenters. The zero-order chi connectivity index (χ0) is 10.8. The van der Waals surface area contributed by atoms with Crippen LogP contribution in [-0.2, 0) is 13.6 Å². The second kappa shape index (κ2) is 3.90. The maximum absolute atomic E-state index is 5.21. The third-order valence-corrected chi connectivity index (χ3v) is 2.51. The molecule has 15 heavy (non-hydrogen) atoms. The maximum Gasteiger partial charge on any atom is 0.119 e. The molecule has 4 heteroatoms. The Morgan fingerprint density at radius 1 is 1.47 bits per heavy atom. The molecule has 0 aliphatic heterocycles. The van der Waals surface area contributed by atoms with Gasteiger partial charge in [0.1, 0.15) is 5.75 Å². The summed E-state index contributed by atoms with van der Waals surface area (Å²) >= 11 is 0. The predicted octanol–water partition coefficient (Wildman–Crippen LogP) is 1.30. The SMILES string of the molecule is CNCc1c2cc(OC)ccc2nn1C. The van der Waals surface area contributed by atoms with Gasteiger partial charge in [0.25, 0.3) is 0 Å². The molecule has 2 rings (SSSR count). The molecule has 0 saturated carbocycles. The van der Waals surface area contributed by atoms with Crippen molar-refractivity contribution in [1.82, 2.24) is 15.1 Å². The summed E-state index contributed by atoms with van der Waals surface area (Å²) in [5.41, 5.74) is 2.18. The number of hydrogen-bond acceptors (Lipinski definition) is 3. The van der Waals surface area contributed by atoms with E-state index in [9.17, 15) is 0 Å². The summed E-state index contributed by atoms with van der Waals surface area (Å²) in [5.74, 6) is 0.868. The van der Waals surface area contributed by atoms with Crippen LogP contribution in [0.3, 0.4) is 0 Å². The summed E-state index contributed by atoms with van der Waals surface area (Å²) in [5, 5.41) is 8.71. The van der Waals surface area contributed by atoms with Gasteiger partial charge in [0.05, 0.1) is 18.3 Å². The molecular weight excluding hydrogens is 190 g/mol. The lowest BCUT2D eigenvalue weighted by Gasteiger charge is -2.02. The first-order valence-corrected chi connectivity index (χ1v) is 4.90. The van der Waals surface area contributed by atoms with Crippen LogP contribution < -0.4 is 10.1 Å². The first-order chi connectivity index (χ1) is 7.26. The van der Waals surface area contributed by atoms with E-state index in [2.05, 4.69) is 10.4 Å². The first-order valence-electron chi connectivity index (χ1n) is 4.90. The first kappa shape index (κ1) is 9.98. The summed E-state index contributed by atoms with van der Waals surface area (Å²) in [7, 11) is 5.56. The Hall–Kier alpha value is -1.55. The lowest BCUT2D eigenvalue weighted by Crippen LogP contribution is -2.09. The summed E-state index contributed by atoms with van der Waals surface area (Å²) < 4.78 is 7.11. The fourth-order valence-corrected chi connectivity index (χ4v) is 1.73. The number of nitrogens with one attached hydrogen (secondary N) is 1. The molecule has 0 saturated heterocycles. The summed E-state index contributed by atoms with van der Waals surface area (Å²) in [4.78, 5) is 0. The number of methoxy groups -OCH3 is 1. The van der Waals surface area contributed by atoms with Crippen LogP contribution in [-0.4, -0.2) is 23.9 Å². The fourth-order valence-electron chi connectivity index (χ4n) is 1.73. The molecular formula is C11H15N3O. The highest BCUT2D eigenvalue weighted by molar-refractivity contribution is 5.83. The van der Waals surface area contributed by atoms with Crippen LogP contribution in [0.25, 0.3) is 10.9 Å². The normalized spacial score (nSPS) is 10.9. The van der Waals surface area contributed by atoms with Crippen molar-refractivity contribution < 1.29 is 4.74 Å². The number of aromatic nitrogens is 2. The Bertz CT molecular complexity index is 476. The third kappa shape index (κ3) is 1.68. The zero-order valence-electron chi connectivity index (χ0n) is 9.24. The van der Waals surface area contributed by atoms with Crippen molar-refractivity contribution in [2.24, 2.45) is 7.05 Å². The Balaban J connectivity index is 2.61. The summed E-state index contributed by atoms with van der Waals surface area (Å²) in [6.45, 7) is 0.806. The number of nitrogens with zero attached hydrogens (tertiary/aromatic N) is 2. The van der Waals surface area contributed by atoms with Crippen molar-refractivity contribution in [2.45, 2.75) is 6.54 Å². The van der Waals surface area contributed by atoms with Crippen LogP contribution in [0.1, 0.15) is 5.69 Å². The summed E-state index contributed by atoms with van der Waals surface area (Å²) in [6, 6.07) is 5.93. The van der Waals surface area contributed by atoms with E-state index < -0.39 is 0 Å². The minimum atomic E-state index is 0.806. The molecule has 0 radical (unpaired) electrons. The largest absolute Gasteiger partial charge is 0.497 e. The molecule has 4 nitrogen and oxygen atoms in total. The van der Waals surface area contributed by atoms with Crippen molar-refractivity contribution in [2.75, 3.05) is 14.2 Å². The minimum Gasteiger partial charge on any atom is -0.497 e. The molecule has 1 aromatic heterocycles. The highest BCUT2D eigenvalue weighted by Gasteiger charge is 2.08. The van der Waals surface area contributed by atoms with Gasteiger partial charge in [0, 0.05) is 19.0 Å². The van der Waals surface area contributed by atoms with Gasteiger partial charge in [0.2, 0.25) is 0 Å². The van der Waals surface area contributed by atoms with E-state index >= 15 is 0 Å². The van der Waals surface area contributed by atoms with Crippen LogP contribution in [0.4, 0.5) is 0 Å².